The average molecular weight is 272 g/mol. The van der Waals surface area contributed by atoms with Crippen LogP contribution in [0.5, 0.6) is 0 Å². The predicted octanol–water partition coefficient (Wildman–Crippen LogP) is 2.20. The summed E-state index contributed by atoms with van der Waals surface area (Å²) in [4.78, 5) is 16.1. The molecule has 0 fully saturated rings. The largest absolute Gasteiger partial charge is 0.324 e. The Morgan fingerprint density at radius 1 is 1.40 bits per heavy atom. The zero-order valence-electron chi connectivity index (χ0n) is 11.8. The van der Waals surface area contributed by atoms with Gasteiger partial charge in [0, 0.05) is 24.9 Å². The van der Waals surface area contributed by atoms with Crippen LogP contribution < -0.4 is 10.6 Å². The number of aromatic nitrogens is 2. The molecule has 1 unspecified atom stereocenters. The number of imidazole rings is 1. The molecule has 1 amide bonds. The van der Waals surface area contributed by atoms with Gasteiger partial charge in [-0.05, 0) is 25.6 Å². The van der Waals surface area contributed by atoms with E-state index in [1.807, 2.05) is 48.9 Å². The van der Waals surface area contributed by atoms with Gasteiger partial charge in [0.2, 0.25) is 5.91 Å². The highest BCUT2D eigenvalue weighted by molar-refractivity contribution is 5.93. The van der Waals surface area contributed by atoms with Crippen molar-refractivity contribution in [2.45, 2.75) is 26.3 Å². The van der Waals surface area contributed by atoms with Gasteiger partial charge in [-0.1, -0.05) is 19.1 Å². The van der Waals surface area contributed by atoms with E-state index in [-0.39, 0.29) is 11.9 Å². The average Bonchev–Trinajstić information content (AvgIpc) is 2.93. The van der Waals surface area contributed by atoms with Crippen LogP contribution in [0.4, 0.5) is 5.69 Å². The number of carbonyl (C=O) groups is 1. The Bertz CT molecular complexity index is 551. The summed E-state index contributed by atoms with van der Waals surface area (Å²) >= 11 is 0. The molecule has 0 saturated heterocycles. The second-order valence-electron chi connectivity index (χ2n) is 4.70. The Morgan fingerprint density at radius 3 is 2.90 bits per heavy atom. The molecule has 1 aromatic heterocycles. The molecule has 20 heavy (non-hydrogen) atoms. The highest BCUT2D eigenvalue weighted by Gasteiger charge is 2.10. The molecule has 1 atom stereocenters. The van der Waals surface area contributed by atoms with Crippen LogP contribution in [0.25, 0.3) is 5.69 Å². The summed E-state index contributed by atoms with van der Waals surface area (Å²) in [6.07, 6.45) is 5.73. The van der Waals surface area contributed by atoms with Crippen molar-refractivity contribution >= 4 is 11.6 Å². The van der Waals surface area contributed by atoms with E-state index in [0.29, 0.717) is 6.42 Å². The molecule has 0 aliphatic carbocycles. The number of amides is 1. The van der Waals surface area contributed by atoms with Crippen LogP contribution in [0.3, 0.4) is 0 Å². The summed E-state index contributed by atoms with van der Waals surface area (Å²) in [6.45, 7) is 4.90. The van der Waals surface area contributed by atoms with E-state index in [4.69, 9.17) is 0 Å². The lowest BCUT2D eigenvalue weighted by atomic mass is 10.2. The third-order valence-electron chi connectivity index (χ3n) is 3.00. The Kier molecular flexibility index (Phi) is 4.90. The highest BCUT2D eigenvalue weighted by atomic mass is 16.1. The molecular weight excluding hydrogens is 252 g/mol. The molecule has 2 N–H and O–H groups in total. The topological polar surface area (TPSA) is 59.0 Å². The van der Waals surface area contributed by atoms with E-state index in [2.05, 4.69) is 15.6 Å². The van der Waals surface area contributed by atoms with Crippen LogP contribution in [0, 0.1) is 0 Å². The fourth-order valence-electron chi connectivity index (χ4n) is 2.11. The van der Waals surface area contributed by atoms with Gasteiger partial charge in [0.25, 0.3) is 0 Å². The predicted molar refractivity (Wildman–Crippen MR) is 79.9 cm³/mol. The monoisotopic (exact) mass is 272 g/mol. The van der Waals surface area contributed by atoms with E-state index in [1.54, 1.807) is 12.5 Å². The zero-order chi connectivity index (χ0) is 14.4. The summed E-state index contributed by atoms with van der Waals surface area (Å²) in [5, 5.41) is 6.19. The lowest BCUT2D eigenvalue weighted by Crippen LogP contribution is -2.30. The quantitative estimate of drug-likeness (QED) is 0.847. The van der Waals surface area contributed by atoms with Crippen LogP contribution in [0.2, 0.25) is 0 Å². The zero-order valence-corrected chi connectivity index (χ0v) is 11.8. The van der Waals surface area contributed by atoms with Gasteiger partial charge in [-0.25, -0.2) is 4.98 Å². The van der Waals surface area contributed by atoms with Crippen molar-refractivity contribution < 1.29 is 4.79 Å². The van der Waals surface area contributed by atoms with E-state index >= 15 is 0 Å². The second kappa shape index (κ2) is 6.86. The summed E-state index contributed by atoms with van der Waals surface area (Å²) in [6, 6.07) is 7.85. The number of nitrogens with one attached hydrogen (secondary N) is 2. The van der Waals surface area contributed by atoms with E-state index in [9.17, 15) is 4.79 Å². The standard InChI is InChI=1S/C15H20N4O/c1-3-17-12(2)10-15(20)18-13-6-4-5-7-14(13)19-9-8-16-11-19/h4-9,11-12,17H,3,10H2,1-2H3,(H,18,20). The summed E-state index contributed by atoms with van der Waals surface area (Å²) < 4.78 is 1.88. The third kappa shape index (κ3) is 3.68. The van der Waals surface area contributed by atoms with Gasteiger partial charge >= 0.3 is 0 Å². The normalized spacial score (nSPS) is 12.1. The van der Waals surface area contributed by atoms with Crippen LogP contribution in [-0.2, 0) is 4.79 Å². The molecular formula is C15H20N4O. The number of para-hydroxylation sites is 2. The Labute approximate surface area is 119 Å². The molecule has 0 aliphatic rings. The van der Waals surface area contributed by atoms with Gasteiger partial charge in [-0.15, -0.1) is 0 Å². The molecule has 2 aromatic rings. The van der Waals surface area contributed by atoms with E-state index in [0.717, 1.165) is 17.9 Å². The first kappa shape index (κ1) is 14.3. The van der Waals surface area contributed by atoms with Crippen molar-refractivity contribution in [2.24, 2.45) is 0 Å². The number of hydrogen-bond donors (Lipinski definition) is 2. The second-order valence-corrected chi connectivity index (χ2v) is 4.70. The molecule has 5 nitrogen and oxygen atoms in total. The van der Waals surface area contributed by atoms with Gasteiger partial charge in [0.05, 0.1) is 17.7 Å². The summed E-state index contributed by atoms with van der Waals surface area (Å²) in [5.41, 5.74) is 1.70. The Morgan fingerprint density at radius 2 is 2.20 bits per heavy atom. The first-order valence-corrected chi connectivity index (χ1v) is 6.81. The van der Waals surface area contributed by atoms with Crippen molar-refractivity contribution in [2.75, 3.05) is 11.9 Å². The maximum absolute atomic E-state index is 12.0. The maximum atomic E-state index is 12.0. The smallest absolute Gasteiger partial charge is 0.225 e. The molecule has 0 saturated carbocycles. The third-order valence-corrected chi connectivity index (χ3v) is 3.00. The van der Waals surface area contributed by atoms with Crippen molar-refractivity contribution in [3.8, 4) is 5.69 Å². The van der Waals surface area contributed by atoms with E-state index < -0.39 is 0 Å². The molecule has 106 valence electrons. The van der Waals surface area contributed by atoms with Gasteiger partial charge in [0.15, 0.2) is 0 Å². The van der Waals surface area contributed by atoms with Gasteiger partial charge in [0.1, 0.15) is 0 Å². The van der Waals surface area contributed by atoms with Crippen molar-refractivity contribution in [3.63, 3.8) is 0 Å². The first-order chi connectivity index (χ1) is 9.70. The minimum atomic E-state index is 0.00557. The van der Waals surface area contributed by atoms with Crippen molar-refractivity contribution in [1.29, 1.82) is 0 Å². The Hall–Kier alpha value is -2.14. The minimum absolute atomic E-state index is 0.00557. The van der Waals surface area contributed by atoms with Gasteiger partial charge in [-0.3, -0.25) is 4.79 Å². The van der Waals surface area contributed by atoms with E-state index in [1.165, 1.54) is 0 Å². The van der Waals surface area contributed by atoms with Gasteiger partial charge in [-0.2, -0.15) is 0 Å². The molecule has 1 aromatic carbocycles. The molecule has 2 rings (SSSR count). The lowest BCUT2D eigenvalue weighted by molar-refractivity contribution is -0.116. The fourth-order valence-corrected chi connectivity index (χ4v) is 2.11. The first-order valence-electron chi connectivity index (χ1n) is 6.81. The number of anilines is 1. The lowest BCUT2D eigenvalue weighted by Gasteiger charge is -2.14. The molecule has 5 heteroatoms. The molecule has 0 bridgehead atoms. The van der Waals surface area contributed by atoms with Crippen molar-refractivity contribution in [1.82, 2.24) is 14.9 Å². The molecule has 0 aliphatic heterocycles. The molecule has 0 spiro atoms. The SMILES string of the molecule is CCNC(C)CC(=O)Nc1ccccc1-n1ccnc1. The highest BCUT2D eigenvalue weighted by Crippen LogP contribution is 2.19. The molecule has 1 heterocycles. The summed E-state index contributed by atoms with van der Waals surface area (Å²) in [7, 11) is 0. The van der Waals surface area contributed by atoms with Crippen molar-refractivity contribution in [3.05, 3.63) is 43.0 Å². The number of nitrogens with zero attached hydrogens (tertiary/aromatic N) is 2. The van der Waals surface area contributed by atoms with Crippen LogP contribution >= 0.6 is 0 Å². The summed E-state index contributed by atoms with van der Waals surface area (Å²) in [5.74, 6) is 0.00557. The van der Waals surface area contributed by atoms with Crippen LogP contribution in [-0.4, -0.2) is 28.0 Å². The van der Waals surface area contributed by atoms with Crippen LogP contribution in [0.1, 0.15) is 20.3 Å². The minimum Gasteiger partial charge on any atom is -0.324 e. The number of carbonyl (C=O) groups excluding carboxylic acids is 1. The number of hydrogen-bond acceptors (Lipinski definition) is 3. The Balaban J connectivity index is 2.08. The maximum Gasteiger partial charge on any atom is 0.225 e. The van der Waals surface area contributed by atoms with Gasteiger partial charge < -0.3 is 15.2 Å². The fraction of sp³-hybridized carbons (Fsp3) is 0.333. The number of rotatable bonds is 6. The van der Waals surface area contributed by atoms with Crippen LogP contribution in [0.15, 0.2) is 43.0 Å². The number of benzene rings is 1. The molecule has 0 radical (unpaired) electrons.